The highest BCUT2D eigenvalue weighted by Gasteiger charge is 2.06. The topological polar surface area (TPSA) is 67.4 Å². The maximum atomic E-state index is 13.2. The minimum atomic E-state index is -0.506. The van der Waals surface area contributed by atoms with Crippen LogP contribution in [0.15, 0.2) is 24.3 Å². The fraction of sp³-hybridized carbons (Fsp3) is 0.385. The van der Waals surface area contributed by atoms with Gasteiger partial charge in [0.1, 0.15) is 5.82 Å². The number of nitrogens with one attached hydrogen (secondary N) is 2. The number of rotatable bonds is 6. The standard InChI is InChI=1S/C13H17FN2O3/c1-2-19-12(17)8-5-9-15-13(18)16-11-7-4-3-6-10(11)14/h3-4,6-7H,2,5,8-9H2,1H3,(H2,15,16,18). The van der Waals surface area contributed by atoms with E-state index < -0.39 is 11.8 Å². The number of benzene rings is 1. The number of esters is 1. The number of urea groups is 1. The molecule has 0 spiro atoms. The molecule has 5 nitrogen and oxygen atoms in total. The normalized spacial score (nSPS) is 9.79. The smallest absolute Gasteiger partial charge is 0.319 e. The molecule has 1 aromatic rings. The van der Waals surface area contributed by atoms with E-state index in [1.54, 1.807) is 13.0 Å². The summed E-state index contributed by atoms with van der Waals surface area (Å²) in [6, 6.07) is 5.38. The molecule has 2 N–H and O–H groups in total. The van der Waals surface area contributed by atoms with E-state index in [0.29, 0.717) is 19.6 Å². The molecule has 1 rings (SSSR count). The van der Waals surface area contributed by atoms with Crippen LogP contribution in [0.25, 0.3) is 0 Å². The number of anilines is 1. The predicted molar refractivity (Wildman–Crippen MR) is 69.3 cm³/mol. The highest BCUT2D eigenvalue weighted by atomic mass is 19.1. The number of carbonyl (C=O) groups excluding carboxylic acids is 2. The lowest BCUT2D eigenvalue weighted by Crippen LogP contribution is -2.30. The SMILES string of the molecule is CCOC(=O)CCCNC(=O)Nc1ccccc1F. The van der Waals surface area contributed by atoms with Crippen molar-refractivity contribution in [1.29, 1.82) is 0 Å². The highest BCUT2D eigenvalue weighted by Crippen LogP contribution is 2.11. The van der Waals surface area contributed by atoms with Gasteiger partial charge in [0.05, 0.1) is 12.3 Å². The van der Waals surface area contributed by atoms with Crippen molar-refractivity contribution in [1.82, 2.24) is 5.32 Å². The molecule has 2 amide bonds. The Balaban J connectivity index is 2.22. The molecule has 0 unspecified atom stereocenters. The highest BCUT2D eigenvalue weighted by molar-refractivity contribution is 5.89. The molecular formula is C13H17FN2O3. The van der Waals surface area contributed by atoms with Crippen LogP contribution in [-0.2, 0) is 9.53 Å². The zero-order chi connectivity index (χ0) is 14.1. The van der Waals surface area contributed by atoms with E-state index in [-0.39, 0.29) is 18.1 Å². The van der Waals surface area contributed by atoms with Crippen molar-refractivity contribution in [3.8, 4) is 0 Å². The van der Waals surface area contributed by atoms with Crippen LogP contribution in [0.3, 0.4) is 0 Å². The number of hydrogen-bond acceptors (Lipinski definition) is 3. The Morgan fingerprint density at radius 2 is 2.05 bits per heavy atom. The fourth-order valence-corrected chi connectivity index (χ4v) is 1.40. The number of amides is 2. The third-order valence-electron chi connectivity index (χ3n) is 2.27. The van der Waals surface area contributed by atoms with Gasteiger partial charge in [0.2, 0.25) is 0 Å². The second-order valence-corrected chi connectivity index (χ2v) is 3.77. The third-order valence-corrected chi connectivity index (χ3v) is 2.27. The molecule has 0 radical (unpaired) electrons. The summed E-state index contributed by atoms with van der Waals surface area (Å²) >= 11 is 0. The quantitative estimate of drug-likeness (QED) is 0.614. The molecule has 0 atom stereocenters. The second-order valence-electron chi connectivity index (χ2n) is 3.77. The molecular weight excluding hydrogens is 251 g/mol. The zero-order valence-corrected chi connectivity index (χ0v) is 10.7. The molecule has 6 heteroatoms. The first-order valence-corrected chi connectivity index (χ1v) is 6.08. The van der Waals surface area contributed by atoms with Crippen molar-refractivity contribution < 1.29 is 18.7 Å². The molecule has 0 saturated carbocycles. The van der Waals surface area contributed by atoms with Crippen LogP contribution in [0.5, 0.6) is 0 Å². The van der Waals surface area contributed by atoms with Gasteiger partial charge in [0.25, 0.3) is 0 Å². The van der Waals surface area contributed by atoms with Gasteiger partial charge >= 0.3 is 12.0 Å². The van der Waals surface area contributed by atoms with Gasteiger partial charge in [-0.25, -0.2) is 9.18 Å². The molecule has 0 bridgehead atoms. The third kappa shape index (κ3) is 5.85. The molecule has 0 saturated heterocycles. The van der Waals surface area contributed by atoms with Gasteiger partial charge in [0, 0.05) is 13.0 Å². The van der Waals surface area contributed by atoms with Crippen molar-refractivity contribution in [2.75, 3.05) is 18.5 Å². The molecule has 19 heavy (non-hydrogen) atoms. The molecule has 0 aliphatic rings. The van der Waals surface area contributed by atoms with Crippen LogP contribution >= 0.6 is 0 Å². The summed E-state index contributed by atoms with van der Waals surface area (Å²) in [5, 5.41) is 4.91. The Morgan fingerprint density at radius 1 is 1.32 bits per heavy atom. The van der Waals surface area contributed by atoms with Crippen LogP contribution < -0.4 is 10.6 Å². The lowest BCUT2D eigenvalue weighted by molar-refractivity contribution is -0.143. The molecule has 0 aliphatic heterocycles. The van der Waals surface area contributed by atoms with E-state index in [1.165, 1.54) is 18.2 Å². The van der Waals surface area contributed by atoms with Crippen molar-refractivity contribution in [3.05, 3.63) is 30.1 Å². The van der Waals surface area contributed by atoms with Crippen LogP contribution in [-0.4, -0.2) is 25.2 Å². The van der Waals surface area contributed by atoms with E-state index >= 15 is 0 Å². The van der Waals surface area contributed by atoms with Crippen molar-refractivity contribution in [2.45, 2.75) is 19.8 Å². The number of carbonyl (C=O) groups is 2. The Hall–Kier alpha value is -2.11. The van der Waals surface area contributed by atoms with Gasteiger partial charge in [-0.2, -0.15) is 0 Å². The summed E-state index contributed by atoms with van der Waals surface area (Å²) in [5.74, 6) is -0.789. The molecule has 0 aromatic heterocycles. The first-order chi connectivity index (χ1) is 9.13. The Morgan fingerprint density at radius 3 is 2.74 bits per heavy atom. The summed E-state index contributed by atoms with van der Waals surface area (Å²) in [7, 11) is 0. The van der Waals surface area contributed by atoms with Crippen molar-refractivity contribution in [2.24, 2.45) is 0 Å². The van der Waals surface area contributed by atoms with Gasteiger partial charge < -0.3 is 15.4 Å². The van der Waals surface area contributed by atoms with Crippen molar-refractivity contribution >= 4 is 17.7 Å². The molecule has 0 heterocycles. The fourth-order valence-electron chi connectivity index (χ4n) is 1.40. The average molecular weight is 268 g/mol. The van der Waals surface area contributed by atoms with Crippen LogP contribution in [0.1, 0.15) is 19.8 Å². The van der Waals surface area contributed by atoms with Crippen molar-refractivity contribution in [3.63, 3.8) is 0 Å². The number of ether oxygens (including phenoxy) is 1. The van der Waals surface area contributed by atoms with Crippen LogP contribution in [0, 0.1) is 5.82 Å². The van der Waals surface area contributed by atoms with Gasteiger partial charge in [0.15, 0.2) is 0 Å². The molecule has 1 aromatic carbocycles. The van der Waals surface area contributed by atoms with Crippen LogP contribution in [0.2, 0.25) is 0 Å². The van der Waals surface area contributed by atoms with Gasteiger partial charge in [-0.15, -0.1) is 0 Å². The lowest BCUT2D eigenvalue weighted by atomic mass is 10.3. The summed E-state index contributed by atoms with van der Waals surface area (Å²) < 4.78 is 18.0. The minimum absolute atomic E-state index is 0.116. The average Bonchev–Trinajstić information content (AvgIpc) is 2.38. The molecule has 104 valence electrons. The summed E-state index contributed by atoms with van der Waals surface area (Å²) in [6.07, 6.45) is 0.720. The Kier molecular flexibility index (Phi) is 6.35. The molecule has 0 aliphatic carbocycles. The van der Waals surface area contributed by atoms with E-state index in [2.05, 4.69) is 10.6 Å². The van der Waals surface area contributed by atoms with Crippen LogP contribution in [0.4, 0.5) is 14.9 Å². The number of para-hydroxylation sites is 1. The Bertz CT molecular complexity index is 438. The zero-order valence-electron chi connectivity index (χ0n) is 10.7. The first kappa shape index (κ1) is 14.9. The second kappa shape index (κ2) is 8.07. The van der Waals surface area contributed by atoms with E-state index in [4.69, 9.17) is 4.74 Å². The van der Waals surface area contributed by atoms with E-state index in [1.807, 2.05) is 0 Å². The summed E-state index contributed by atoms with van der Waals surface area (Å²) in [6.45, 7) is 2.40. The summed E-state index contributed by atoms with van der Waals surface area (Å²) in [5.41, 5.74) is 0.116. The van der Waals surface area contributed by atoms with Gasteiger partial charge in [-0.3, -0.25) is 4.79 Å². The minimum Gasteiger partial charge on any atom is -0.466 e. The van der Waals surface area contributed by atoms with Gasteiger partial charge in [-0.1, -0.05) is 12.1 Å². The van der Waals surface area contributed by atoms with E-state index in [0.717, 1.165) is 0 Å². The Labute approximate surface area is 111 Å². The largest absolute Gasteiger partial charge is 0.466 e. The van der Waals surface area contributed by atoms with E-state index in [9.17, 15) is 14.0 Å². The lowest BCUT2D eigenvalue weighted by Gasteiger charge is -2.08. The van der Waals surface area contributed by atoms with Gasteiger partial charge in [-0.05, 0) is 25.5 Å². The number of hydrogen-bond donors (Lipinski definition) is 2. The predicted octanol–water partition coefficient (Wildman–Crippen LogP) is 2.29. The maximum Gasteiger partial charge on any atom is 0.319 e. The molecule has 0 fully saturated rings. The maximum absolute atomic E-state index is 13.2. The number of halogens is 1. The first-order valence-electron chi connectivity index (χ1n) is 6.08. The summed E-state index contributed by atoms with van der Waals surface area (Å²) in [4.78, 5) is 22.5. The monoisotopic (exact) mass is 268 g/mol.